The van der Waals surface area contributed by atoms with Gasteiger partial charge in [0.05, 0.1) is 6.61 Å². The van der Waals surface area contributed by atoms with E-state index in [1.54, 1.807) is 35.8 Å². The number of hydrogen-bond acceptors (Lipinski definition) is 4. The number of methoxy groups -OCH3 is 1. The lowest BCUT2D eigenvalue weighted by atomic mass is 10.1. The predicted octanol–water partition coefficient (Wildman–Crippen LogP) is 3.22. The summed E-state index contributed by atoms with van der Waals surface area (Å²) < 4.78 is 6.81. The van der Waals surface area contributed by atoms with Gasteiger partial charge in [0, 0.05) is 44.0 Å². The van der Waals surface area contributed by atoms with Crippen LogP contribution in [0.2, 0.25) is 5.02 Å². The lowest BCUT2D eigenvalue weighted by Crippen LogP contribution is -2.40. The summed E-state index contributed by atoms with van der Waals surface area (Å²) in [7, 11) is 5.50. The van der Waals surface area contributed by atoms with Crippen LogP contribution in [0.4, 0.5) is 0 Å². The van der Waals surface area contributed by atoms with Gasteiger partial charge in [-0.3, -0.25) is 9.59 Å². The summed E-state index contributed by atoms with van der Waals surface area (Å²) in [4.78, 5) is 30.2. The maximum absolute atomic E-state index is 13.4. The third-order valence-corrected chi connectivity index (χ3v) is 5.19. The van der Waals surface area contributed by atoms with E-state index in [1.807, 2.05) is 50.2 Å². The van der Waals surface area contributed by atoms with E-state index < -0.39 is 0 Å². The second kappa shape index (κ2) is 10.6. The molecule has 6 nitrogen and oxygen atoms in total. The van der Waals surface area contributed by atoms with Crippen LogP contribution in [0.15, 0.2) is 41.3 Å². The molecule has 0 aliphatic rings. The monoisotopic (exact) mass is 419 g/mol. The minimum atomic E-state index is -0.309. The second-order valence-corrected chi connectivity index (χ2v) is 7.92. The summed E-state index contributed by atoms with van der Waals surface area (Å²) in [6, 6.07) is 9.17. The molecule has 0 aliphatic carbocycles. The van der Waals surface area contributed by atoms with Crippen LogP contribution in [0.1, 0.15) is 34.5 Å². The van der Waals surface area contributed by atoms with Crippen molar-refractivity contribution >= 4 is 17.5 Å². The number of likely N-dealkylation sites (N-methyl/N-ethyl adjacent to an activating group) is 1. The first-order chi connectivity index (χ1) is 13.8. The maximum atomic E-state index is 13.4. The van der Waals surface area contributed by atoms with Crippen LogP contribution >= 0.6 is 11.6 Å². The van der Waals surface area contributed by atoms with E-state index in [1.165, 1.54) is 0 Å². The van der Waals surface area contributed by atoms with Gasteiger partial charge in [-0.15, -0.1) is 0 Å². The fourth-order valence-corrected chi connectivity index (χ4v) is 3.50. The second-order valence-electron chi connectivity index (χ2n) is 7.51. The molecule has 0 aliphatic heterocycles. The summed E-state index contributed by atoms with van der Waals surface area (Å²) in [6.45, 7) is 5.50. The van der Waals surface area contributed by atoms with Crippen LogP contribution in [0.5, 0.6) is 0 Å². The predicted molar refractivity (Wildman–Crippen MR) is 117 cm³/mol. The Bertz CT molecular complexity index is 895. The summed E-state index contributed by atoms with van der Waals surface area (Å²) in [5.41, 5.74) is 1.41. The van der Waals surface area contributed by atoms with Gasteiger partial charge < -0.3 is 19.1 Å². The highest BCUT2D eigenvalue weighted by Gasteiger charge is 2.24. The molecule has 0 saturated carbocycles. The highest BCUT2D eigenvalue weighted by atomic mass is 35.5. The molecular formula is C22H30ClN3O3. The number of rotatable bonds is 9. The van der Waals surface area contributed by atoms with Crippen LogP contribution in [-0.4, -0.2) is 61.2 Å². The highest BCUT2D eigenvalue weighted by Crippen LogP contribution is 2.19. The van der Waals surface area contributed by atoms with E-state index in [0.717, 1.165) is 5.56 Å². The first-order valence-electron chi connectivity index (χ1n) is 9.64. The summed E-state index contributed by atoms with van der Waals surface area (Å²) in [5.74, 6) is -0.309. The molecule has 0 N–H and O–H groups in total. The van der Waals surface area contributed by atoms with Crippen molar-refractivity contribution in [1.82, 2.24) is 14.4 Å². The van der Waals surface area contributed by atoms with Crippen molar-refractivity contribution < 1.29 is 9.53 Å². The first-order valence-corrected chi connectivity index (χ1v) is 10.0. The Morgan fingerprint density at radius 3 is 2.55 bits per heavy atom. The summed E-state index contributed by atoms with van der Waals surface area (Å²) in [6.07, 6.45) is 1.76. The smallest absolute Gasteiger partial charge is 0.263 e. The van der Waals surface area contributed by atoms with Crippen molar-refractivity contribution in [2.75, 3.05) is 40.9 Å². The number of ether oxygens (including phenoxy) is 1. The van der Waals surface area contributed by atoms with Crippen molar-refractivity contribution in [3.8, 4) is 0 Å². The van der Waals surface area contributed by atoms with Gasteiger partial charge >= 0.3 is 0 Å². The van der Waals surface area contributed by atoms with Crippen molar-refractivity contribution in [3.05, 3.63) is 68.6 Å². The third kappa shape index (κ3) is 5.92. The van der Waals surface area contributed by atoms with E-state index >= 15 is 0 Å². The number of pyridine rings is 1. The number of nitrogens with zero attached hydrogens (tertiary/aromatic N) is 3. The van der Waals surface area contributed by atoms with Crippen LogP contribution in [-0.2, 0) is 11.3 Å². The lowest BCUT2D eigenvalue weighted by molar-refractivity contribution is 0.0677. The van der Waals surface area contributed by atoms with Crippen LogP contribution in [0.3, 0.4) is 0 Å². The van der Waals surface area contributed by atoms with Gasteiger partial charge in [-0.25, -0.2) is 0 Å². The Hall–Kier alpha value is -2.15. The van der Waals surface area contributed by atoms with Crippen LogP contribution in [0, 0.1) is 6.92 Å². The molecule has 1 unspecified atom stereocenters. The Morgan fingerprint density at radius 1 is 1.24 bits per heavy atom. The number of carbonyl (C=O) groups is 1. The van der Waals surface area contributed by atoms with E-state index in [4.69, 9.17) is 16.3 Å². The van der Waals surface area contributed by atoms with Gasteiger partial charge in [0.15, 0.2) is 0 Å². The SMILES string of the molecule is COCCN(Cc1ccccc1Cl)C(=O)c1c(C)ccn(C(C)CN(C)C)c1=O. The molecule has 1 atom stereocenters. The van der Waals surface area contributed by atoms with Gasteiger partial charge in [0.1, 0.15) is 5.56 Å². The average molecular weight is 420 g/mol. The molecule has 1 aromatic carbocycles. The van der Waals surface area contributed by atoms with Crippen molar-refractivity contribution in [1.29, 1.82) is 0 Å². The topological polar surface area (TPSA) is 54.8 Å². The fourth-order valence-electron chi connectivity index (χ4n) is 3.31. The number of aromatic nitrogens is 1. The van der Waals surface area contributed by atoms with E-state index in [0.29, 0.717) is 36.8 Å². The minimum Gasteiger partial charge on any atom is -0.383 e. The van der Waals surface area contributed by atoms with Gasteiger partial charge in [-0.1, -0.05) is 29.8 Å². The Morgan fingerprint density at radius 2 is 1.93 bits per heavy atom. The molecule has 2 aromatic rings. The van der Waals surface area contributed by atoms with E-state index in [9.17, 15) is 9.59 Å². The Balaban J connectivity index is 2.42. The zero-order valence-corrected chi connectivity index (χ0v) is 18.6. The summed E-state index contributed by atoms with van der Waals surface area (Å²) in [5, 5.41) is 0.588. The number of halogens is 1. The molecule has 1 amide bonds. The number of hydrogen-bond donors (Lipinski definition) is 0. The molecule has 29 heavy (non-hydrogen) atoms. The molecule has 0 bridgehead atoms. The molecule has 0 spiro atoms. The standard InChI is InChI=1S/C22H30ClN3O3/c1-16-10-11-26(17(2)14-24(3)4)22(28)20(16)21(27)25(12-13-29-5)15-18-8-6-7-9-19(18)23/h6-11,17H,12-15H2,1-5H3. The molecule has 7 heteroatoms. The van der Waals surface area contributed by atoms with E-state index in [-0.39, 0.29) is 23.1 Å². The van der Waals surface area contributed by atoms with Gasteiger partial charge in [0.2, 0.25) is 0 Å². The third-order valence-electron chi connectivity index (χ3n) is 4.82. The minimum absolute atomic E-state index is 0.0550. The van der Waals surface area contributed by atoms with Crippen molar-refractivity contribution in [3.63, 3.8) is 0 Å². The van der Waals surface area contributed by atoms with Crippen molar-refractivity contribution in [2.24, 2.45) is 0 Å². The molecule has 0 fully saturated rings. The van der Waals surface area contributed by atoms with E-state index in [2.05, 4.69) is 0 Å². The normalized spacial score (nSPS) is 12.2. The summed E-state index contributed by atoms with van der Waals surface area (Å²) >= 11 is 6.29. The first kappa shape index (κ1) is 23.1. The van der Waals surface area contributed by atoms with Gasteiger partial charge in [-0.05, 0) is 51.2 Å². The molecule has 1 heterocycles. The van der Waals surface area contributed by atoms with Gasteiger partial charge in [0.25, 0.3) is 11.5 Å². The van der Waals surface area contributed by atoms with Crippen LogP contribution in [0.25, 0.3) is 0 Å². The Labute approximate surface area is 177 Å². The van der Waals surface area contributed by atoms with Crippen molar-refractivity contribution in [2.45, 2.75) is 26.4 Å². The largest absolute Gasteiger partial charge is 0.383 e. The lowest BCUT2D eigenvalue weighted by Gasteiger charge is -2.25. The molecule has 0 radical (unpaired) electrons. The average Bonchev–Trinajstić information content (AvgIpc) is 2.65. The quantitative estimate of drug-likeness (QED) is 0.626. The number of aryl methyl sites for hydroxylation is 1. The highest BCUT2D eigenvalue weighted by molar-refractivity contribution is 6.31. The van der Waals surface area contributed by atoms with Crippen LogP contribution < -0.4 is 5.56 Å². The van der Waals surface area contributed by atoms with Gasteiger partial charge in [-0.2, -0.15) is 0 Å². The number of carbonyl (C=O) groups excluding carboxylic acids is 1. The molecular weight excluding hydrogens is 390 g/mol. The molecule has 0 saturated heterocycles. The number of amides is 1. The fraction of sp³-hybridized carbons (Fsp3) is 0.455. The molecule has 2 rings (SSSR count). The Kier molecular flexibility index (Phi) is 8.44. The number of benzene rings is 1. The molecule has 1 aromatic heterocycles. The molecule has 158 valence electrons. The zero-order chi connectivity index (χ0) is 21.6. The zero-order valence-electron chi connectivity index (χ0n) is 17.8. The maximum Gasteiger partial charge on any atom is 0.263 e.